The van der Waals surface area contributed by atoms with Crippen molar-refractivity contribution < 1.29 is 4.74 Å². The van der Waals surface area contributed by atoms with E-state index >= 15 is 0 Å². The van der Waals surface area contributed by atoms with Crippen LogP contribution in [0.15, 0.2) is 11.4 Å². The highest BCUT2D eigenvalue weighted by Gasteiger charge is 2.45. The van der Waals surface area contributed by atoms with Crippen LogP contribution < -0.4 is 5.32 Å². The predicted octanol–water partition coefficient (Wildman–Crippen LogP) is 3.23. The molecule has 2 nitrogen and oxygen atoms in total. The van der Waals surface area contributed by atoms with E-state index in [1.807, 2.05) is 18.5 Å². The monoisotopic (exact) mass is 245 g/mol. The van der Waals surface area contributed by atoms with Crippen molar-refractivity contribution in [3.05, 3.63) is 21.3 Å². The summed E-state index contributed by atoms with van der Waals surface area (Å²) in [6, 6.07) is 2.18. The third-order valence-corrected chi connectivity index (χ3v) is 4.75. The molecule has 1 aliphatic rings. The van der Waals surface area contributed by atoms with Crippen LogP contribution >= 0.6 is 22.9 Å². The van der Waals surface area contributed by atoms with Gasteiger partial charge in [-0.2, -0.15) is 0 Å². The number of thiophene rings is 1. The minimum atomic E-state index is -0.0384. The average Bonchev–Trinajstić information content (AvgIpc) is 2.58. The van der Waals surface area contributed by atoms with Crippen molar-refractivity contribution in [2.45, 2.75) is 30.9 Å². The molecule has 1 atom stereocenters. The molecule has 0 spiro atoms. The molecule has 0 amide bonds. The second-order valence-electron chi connectivity index (χ2n) is 3.98. The molecule has 0 aromatic carbocycles. The normalized spacial score (nSPS) is 21.0. The molecule has 0 bridgehead atoms. The van der Waals surface area contributed by atoms with Gasteiger partial charge in [-0.05, 0) is 37.8 Å². The molecule has 0 saturated heterocycles. The fourth-order valence-corrected chi connectivity index (χ4v) is 3.66. The molecule has 4 heteroatoms. The molecular weight excluding hydrogens is 230 g/mol. The van der Waals surface area contributed by atoms with Crippen LogP contribution in [0.3, 0.4) is 0 Å². The van der Waals surface area contributed by atoms with Crippen molar-refractivity contribution in [2.75, 3.05) is 14.2 Å². The third kappa shape index (κ3) is 1.82. The molecule has 1 fully saturated rings. The van der Waals surface area contributed by atoms with E-state index in [0.717, 1.165) is 17.9 Å². The minimum absolute atomic E-state index is 0.0384. The molecular formula is C11H16ClNOS. The van der Waals surface area contributed by atoms with Crippen molar-refractivity contribution in [3.8, 4) is 0 Å². The maximum atomic E-state index is 6.17. The SMILES string of the molecule is CNC(c1sccc1Cl)C1(OC)CCC1. The Hall–Kier alpha value is -0.0900. The number of methoxy groups -OCH3 is 1. The maximum Gasteiger partial charge on any atom is 0.0881 e. The summed E-state index contributed by atoms with van der Waals surface area (Å²) in [5.41, 5.74) is -0.0384. The molecule has 15 heavy (non-hydrogen) atoms. The first kappa shape index (κ1) is 11.4. The lowest BCUT2D eigenvalue weighted by Gasteiger charge is -2.46. The summed E-state index contributed by atoms with van der Waals surface area (Å²) < 4.78 is 5.69. The molecule has 1 saturated carbocycles. The Morgan fingerprint density at radius 2 is 2.33 bits per heavy atom. The maximum absolute atomic E-state index is 6.17. The lowest BCUT2D eigenvalue weighted by Crippen LogP contribution is -2.49. The van der Waals surface area contributed by atoms with Crippen LogP contribution in [-0.2, 0) is 4.74 Å². The van der Waals surface area contributed by atoms with E-state index in [1.54, 1.807) is 18.4 Å². The Balaban J connectivity index is 2.27. The van der Waals surface area contributed by atoms with Gasteiger partial charge in [0, 0.05) is 12.0 Å². The molecule has 84 valence electrons. The molecule has 0 aliphatic heterocycles. The molecule has 1 N–H and O–H groups in total. The highest BCUT2D eigenvalue weighted by atomic mass is 35.5. The molecule has 1 aromatic heterocycles. The van der Waals surface area contributed by atoms with Crippen molar-refractivity contribution >= 4 is 22.9 Å². The van der Waals surface area contributed by atoms with Gasteiger partial charge in [0.05, 0.1) is 16.7 Å². The molecule has 2 rings (SSSR count). The zero-order valence-corrected chi connectivity index (χ0v) is 10.6. The van der Waals surface area contributed by atoms with Gasteiger partial charge >= 0.3 is 0 Å². The number of rotatable bonds is 4. The Labute approximate surface area is 99.6 Å². The highest BCUT2D eigenvalue weighted by Crippen LogP contribution is 2.47. The van der Waals surface area contributed by atoms with Crippen LogP contribution in [0.5, 0.6) is 0 Å². The van der Waals surface area contributed by atoms with Crippen LogP contribution in [0.4, 0.5) is 0 Å². The van der Waals surface area contributed by atoms with Gasteiger partial charge in [-0.25, -0.2) is 0 Å². The van der Waals surface area contributed by atoms with E-state index in [2.05, 4.69) is 5.32 Å². The highest BCUT2D eigenvalue weighted by molar-refractivity contribution is 7.10. The first-order chi connectivity index (χ1) is 7.23. The number of ether oxygens (including phenoxy) is 1. The first-order valence-electron chi connectivity index (χ1n) is 5.19. The lowest BCUT2D eigenvalue weighted by atomic mass is 9.74. The number of hydrogen-bond acceptors (Lipinski definition) is 3. The van der Waals surface area contributed by atoms with E-state index in [0.29, 0.717) is 0 Å². The third-order valence-electron chi connectivity index (χ3n) is 3.33. The quantitative estimate of drug-likeness (QED) is 0.880. The predicted molar refractivity (Wildman–Crippen MR) is 64.7 cm³/mol. The van der Waals surface area contributed by atoms with Gasteiger partial charge in [0.25, 0.3) is 0 Å². The summed E-state index contributed by atoms with van der Waals surface area (Å²) in [6.45, 7) is 0. The summed E-state index contributed by atoms with van der Waals surface area (Å²) in [6.07, 6.45) is 3.47. The molecule has 1 aliphatic carbocycles. The Morgan fingerprint density at radius 1 is 1.60 bits per heavy atom. The standard InChI is InChI=1S/C11H16ClNOS/c1-13-10(9-8(12)4-7-15-9)11(14-2)5-3-6-11/h4,7,10,13H,3,5-6H2,1-2H3. The average molecular weight is 246 g/mol. The van der Waals surface area contributed by atoms with Crippen LogP contribution in [0.1, 0.15) is 30.2 Å². The van der Waals surface area contributed by atoms with E-state index in [-0.39, 0.29) is 11.6 Å². The van der Waals surface area contributed by atoms with Gasteiger partial charge in [0.2, 0.25) is 0 Å². The number of hydrogen-bond donors (Lipinski definition) is 1. The van der Waals surface area contributed by atoms with Crippen LogP contribution in [0, 0.1) is 0 Å². The van der Waals surface area contributed by atoms with Crippen molar-refractivity contribution in [2.24, 2.45) is 0 Å². The van der Waals surface area contributed by atoms with Crippen molar-refractivity contribution in [1.82, 2.24) is 5.32 Å². The lowest BCUT2D eigenvalue weighted by molar-refractivity contribution is -0.0975. The van der Waals surface area contributed by atoms with Gasteiger partial charge in [0.1, 0.15) is 0 Å². The molecule has 1 heterocycles. The number of likely N-dealkylation sites (N-methyl/N-ethyl adjacent to an activating group) is 1. The minimum Gasteiger partial charge on any atom is -0.376 e. The Morgan fingerprint density at radius 3 is 2.67 bits per heavy atom. The van der Waals surface area contributed by atoms with Crippen LogP contribution in [0.2, 0.25) is 5.02 Å². The van der Waals surface area contributed by atoms with E-state index in [1.165, 1.54) is 11.3 Å². The smallest absolute Gasteiger partial charge is 0.0881 e. The summed E-state index contributed by atoms with van der Waals surface area (Å²) >= 11 is 7.87. The number of nitrogens with one attached hydrogen (secondary N) is 1. The Kier molecular flexibility index (Phi) is 3.36. The summed E-state index contributed by atoms with van der Waals surface area (Å²) in [7, 11) is 3.77. The molecule has 1 unspecified atom stereocenters. The Bertz CT molecular complexity index is 330. The first-order valence-corrected chi connectivity index (χ1v) is 6.44. The largest absolute Gasteiger partial charge is 0.376 e. The zero-order chi connectivity index (χ0) is 10.9. The summed E-state index contributed by atoms with van der Waals surface area (Å²) in [4.78, 5) is 1.20. The second-order valence-corrected chi connectivity index (χ2v) is 5.33. The van der Waals surface area contributed by atoms with Gasteiger partial charge in [-0.3, -0.25) is 0 Å². The van der Waals surface area contributed by atoms with E-state index in [4.69, 9.17) is 16.3 Å². The summed E-state index contributed by atoms with van der Waals surface area (Å²) in [5.74, 6) is 0. The van der Waals surface area contributed by atoms with Gasteiger partial charge in [-0.1, -0.05) is 11.6 Å². The van der Waals surface area contributed by atoms with E-state index < -0.39 is 0 Å². The van der Waals surface area contributed by atoms with E-state index in [9.17, 15) is 0 Å². The fourth-order valence-electron chi connectivity index (χ4n) is 2.28. The van der Waals surface area contributed by atoms with Crippen molar-refractivity contribution in [3.63, 3.8) is 0 Å². The summed E-state index contributed by atoms with van der Waals surface area (Å²) in [5, 5.41) is 6.22. The topological polar surface area (TPSA) is 21.3 Å². The second kappa shape index (κ2) is 4.42. The van der Waals surface area contributed by atoms with Gasteiger partial charge in [-0.15, -0.1) is 11.3 Å². The van der Waals surface area contributed by atoms with Crippen LogP contribution in [-0.4, -0.2) is 19.8 Å². The zero-order valence-electron chi connectivity index (χ0n) is 9.05. The van der Waals surface area contributed by atoms with Crippen molar-refractivity contribution in [1.29, 1.82) is 0 Å². The number of halogens is 1. The van der Waals surface area contributed by atoms with Gasteiger partial charge < -0.3 is 10.1 Å². The molecule has 1 aromatic rings. The molecule has 0 radical (unpaired) electrons. The fraction of sp³-hybridized carbons (Fsp3) is 0.636. The van der Waals surface area contributed by atoms with Gasteiger partial charge in [0.15, 0.2) is 0 Å². The van der Waals surface area contributed by atoms with Crippen LogP contribution in [0.25, 0.3) is 0 Å².